The third-order valence-electron chi connectivity index (χ3n) is 5.60. The molecule has 2 aliphatic rings. The zero-order valence-corrected chi connectivity index (χ0v) is 24.3. The minimum atomic E-state index is -1.41. The number of aliphatic hydroxyl groups is 3. The van der Waals surface area contributed by atoms with E-state index in [4.69, 9.17) is 44.3 Å². The number of rotatable bonds is 9. The Morgan fingerprint density at radius 3 is 2.31 bits per heavy atom. The Balaban J connectivity index is 2.20. The summed E-state index contributed by atoms with van der Waals surface area (Å²) >= 11 is 19.8. The summed E-state index contributed by atoms with van der Waals surface area (Å²) in [7, 11) is 0. The minimum Gasteiger partial charge on any atom is -0.444 e. The number of amides is 2. The molecule has 208 valence electrons. The van der Waals surface area contributed by atoms with Gasteiger partial charge in [0, 0.05) is 11.0 Å². The van der Waals surface area contributed by atoms with Gasteiger partial charge >= 0.3 is 6.09 Å². The van der Waals surface area contributed by atoms with Gasteiger partial charge in [0.1, 0.15) is 44.2 Å². The highest BCUT2D eigenvalue weighted by Gasteiger charge is 2.46. The van der Waals surface area contributed by atoms with Crippen molar-refractivity contribution in [2.75, 3.05) is 12.4 Å². The van der Waals surface area contributed by atoms with Gasteiger partial charge in [0.05, 0.1) is 12.6 Å². The monoisotopic (exact) mass is 608 g/mol. The fourth-order valence-corrected chi connectivity index (χ4v) is 6.61. The Morgan fingerprint density at radius 1 is 1.11 bits per heavy atom. The van der Waals surface area contributed by atoms with E-state index in [1.54, 1.807) is 20.8 Å². The largest absolute Gasteiger partial charge is 0.444 e. The molecule has 5 N–H and O–H groups in total. The van der Waals surface area contributed by atoms with E-state index >= 15 is 0 Å². The van der Waals surface area contributed by atoms with Crippen molar-refractivity contribution in [1.82, 2.24) is 10.6 Å². The third kappa shape index (κ3) is 10.2. The lowest BCUT2D eigenvalue weighted by Gasteiger charge is -2.44. The molecule has 0 radical (unpaired) electrons. The first-order chi connectivity index (χ1) is 16.8. The van der Waals surface area contributed by atoms with Crippen LogP contribution in [0, 0.1) is 0 Å². The lowest BCUT2D eigenvalue weighted by Crippen LogP contribution is -2.65. The lowest BCUT2D eigenvalue weighted by molar-refractivity contribution is -0.174. The van der Waals surface area contributed by atoms with Crippen LogP contribution in [0.1, 0.15) is 52.9 Å². The van der Waals surface area contributed by atoms with Crippen molar-refractivity contribution in [3.63, 3.8) is 0 Å². The molecule has 0 aromatic heterocycles. The fourth-order valence-electron chi connectivity index (χ4n) is 3.85. The number of hydrogen-bond acceptors (Lipinski definition) is 9. The number of thioether (sulfide) groups is 2. The lowest BCUT2D eigenvalue weighted by atomic mass is 9.98. The van der Waals surface area contributed by atoms with Crippen LogP contribution in [0.4, 0.5) is 4.79 Å². The predicted molar refractivity (Wildman–Crippen MR) is 144 cm³/mol. The molecule has 0 aromatic carbocycles. The average molecular weight is 610 g/mol. The van der Waals surface area contributed by atoms with Crippen LogP contribution in [0.15, 0.2) is 8.86 Å². The molecule has 0 bridgehead atoms. The van der Waals surface area contributed by atoms with Gasteiger partial charge in [0.2, 0.25) is 5.91 Å². The van der Waals surface area contributed by atoms with Crippen molar-refractivity contribution in [2.45, 2.75) is 99.6 Å². The van der Waals surface area contributed by atoms with Crippen molar-refractivity contribution in [2.24, 2.45) is 0 Å². The second-order valence-electron chi connectivity index (χ2n) is 9.68. The smallest absolute Gasteiger partial charge is 0.408 e. The molecule has 2 amide bonds. The molecule has 6 atom stereocenters. The fraction of sp³-hybridized carbons (Fsp3) is 0.818. The van der Waals surface area contributed by atoms with Gasteiger partial charge in [0.15, 0.2) is 0 Å². The number of carbonyl (C=O) groups is 2. The van der Waals surface area contributed by atoms with E-state index in [2.05, 4.69) is 10.6 Å². The number of alkyl carbamates (subject to hydrolysis) is 1. The first-order valence-corrected chi connectivity index (χ1v) is 14.8. The number of halogens is 3. The summed E-state index contributed by atoms with van der Waals surface area (Å²) in [6, 6.07) is -2.15. The Hall–Kier alpha value is -0.110. The molecule has 0 spiro atoms. The molecule has 36 heavy (non-hydrogen) atoms. The summed E-state index contributed by atoms with van der Waals surface area (Å²) in [4.78, 5) is 25.7. The van der Waals surface area contributed by atoms with Crippen LogP contribution in [0.5, 0.6) is 0 Å². The van der Waals surface area contributed by atoms with Crippen LogP contribution >= 0.6 is 58.3 Å². The van der Waals surface area contributed by atoms with Gasteiger partial charge in [-0.3, -0.25) is 4.79 Å². The van der Waals surface area contributed by atoms with E-state index in [1.165, 1.54) is 11.8 Å². The number of nitrogens with one attached hydrogen (secondary N) is 2. The van der Waals surface area contributed by atoms with E-state index in [0.717, 1.165) is 43.9 Å². The van der Waals surface area contributed by atoms with Crippen molar-refractivity contribution < 1.29 is 34.4 Å². The highest BCUT2D eigenvalue weighted by atomic mass is 35.5. The third-order valence-corrected chi connectivity index (χ3v) is 9.40. The number of aliphatic hydroxyl groups excluding tert-OH is 3. The average Bonchev–Trinajstić information content (AvgIpc) is 2.80. The zero-order valence-electron chi connectivity index (χ0n) is 20.4. The standard InChI is InChI=1S/C22H35Cl3N2O7S2/c1-22(2,3)34-21(32)26-12(10-35-18(25)17(23)24)19(31)27-14-16(30)15(29)13(9-28)33-20(14)36-11-7-5-4-6-8-11/h11-16,20,28-30H,4-10H2,1-3H3,(H,26,32)(H,27,31)/t12-,13+,14+,15+,16+,20-/m0/s1. The summed E-state index contributed by atoms with van der Waals surface area (Å²) in [6.45, 7) is 4.57. The summed E-state index contributed by atoms with van der Waals surface area (Å²) in [6.07, 6.45) is 0.610. The molecule has 1 heterocycles. The Kier molecular flexibility index (Phi) is 13.3. The van der Waals surface area contributed by atoms with Gasteiger partial charge in [-0.15, -0.1) is 23.5 Å². The molecule has 2 rings (SSSR count). The predicted octanol–water partition coefficient (Wildman–Crippen LogP) is 3.45. The summed E-state index contributed by atoms with van der Waals surface area (Å²) < 4.78 is 11.0. The first kappa shape index (κ1) is 32.1. The van der Waals surface area contributed by atoms with Crippen LogP contribution in [0.25, 0.3) is 0 Å². The summed E-state index contributed by atoms with van der Waals surface area (Å²) in [5.41, 5.74) is -1.52. The van der Waals surface area contributed by atoms with Gasteiger partial charge in [-0.05, 0) is 33.6 Å². The number of hydrogen-bond donors (Lipinski definition) is 5. The molecule has 1 saturated carbocycles. The SMILES string of the molecule is CC(C)(C)OC(=O)N[C@@H](CSC(Cl)=C(Cl)Cl)C(=O)N[C@@H]1[C@@H](O)[C@H](O)[C@@H](CO)O[C@H]1SC1CCCCC1. The van der Waals surface area contributed by atoms with Crippen LogP contribution in [0.3, 0.4) is 0 Å². The van der Waals surface area contributed by atoms with Gasteiger partial charge in [0.25, 0.3) is 0 Å². The topological polar surface area (TPSA) is 137 Å². The molecule has 1 aliphatic heterocycles. The second-order valence-corrected chi connectivity index (χ2v) is 13.7. The van der Waals surface area contributed by atoms with Crippen LogP contribution in [-0.2, 0) is 14.3 Å². The highest BCUT2D eigenvalue weighted by molar-refractivity contribution is 8.04. The molecule has 1 saturated heterocycles. The Bertz CT molecular complexity index is 777. The minimum absolute atomic E-state index is 0.0371. The van der Waals surface area contributed by atoms with E-state index in [-0.39, 0.29) is 19.9 Å². The Morgan fingerprint density at radius 2 is 1.75 bits per heavy atom. The molecular formula is C22H35Cl3N2O7S2. The molecule has 2 fully saturated rings. The maximum Gasteiger partial charge on any atom is 0.408 e. The highest BCUT2D eigenvalue weighted by Crippen LogP contribution is 2.37. The van der Waals surface area contributed by atoms with E-state index in [0.29, 0.717) is 0 Å². The second kappa shape index (κ2) is 14.9. The van der Waals surface area contributed by atoms with Gasteiger partial charge in [-0.2, -0.15) is 0 Å². The first-order valence-electron chi connectivity index (χ1n) is 11.7. The molecule has 14 heteroatoms. The van der Waals surface area contributed by atoms with Gasteiger partial charge < -0.3 is 35.4 Å². The molecule has 0 unspecified atom stereocenters. The summed E-state index contributed by atoms with van der Waals surface area (Å²) in [5.74, 6) is -0.696. The van der Waals surface area contributed by atoms with E-state index in [1.807, 2.05) is 0 Å². The van der Waals surface area contributed by atoms with Crippen LogP contribution in [-0.4, -0.2) is 86.4 Å². The quantitative estimate of drug-likeness (QED) is 0.266. The number of carbonyl (C=O) groups excluding carboxylic acids is 2. The zero-order chi connectivity index (χ0) is 27.0. The maximum atomic E-state index is 13.3. The van der Waals surface area contributed by atoms with E-state index < -0.39 is 60.0 Å². The van der Waals surface area contributed by atoms with Gasteiger partial charge in [-0.1, -0.05) is 54.1 Å². The van der Waals surface area contributed by atoms with Crippen molar-refractivity contribution in [1.29, 1.82) is 0 Å². The molecular weight excluding hydrogens is 575 g/mol. The summed E-state index contributed by atoms with van der Waals surface area (Å²) in [5, 5.41) is 36.4. The molecule has 1 aliphatic carbocycles. The molecule has 0 aromatic rings. The van der Waals surface area contributed by atoms with Crippen molar-refractivity contribution in [3.05, 3.63) is 8.86 Å². The van der Waals surface area contributed by atoms with Gasteiger partial charge in [-0.25, -0.2) is 4.79 Å². The van der Waals surface area contributed by atoms with Crippen molar-refractivity contribution in [3.8, 4) is 0 Å². The van der Waals surface area contributed by atoms with Crippen LogP contribution < -0.4 is 10.6 Å². The maximum absolute atomic E-state index is 13.3. The molecule has 9 nitrogen and oxygen atoms in total. The van der Waals surface area contributed by atoms with Crippen molar-refractivity contribution >= 4 is 70.3 Å². The Labute approximate surface area is 235 Å². The van der Waals surface area contributed by atoms with E-state index in [9.17, 15) is 24.9 Å². The normalized spacial score (nSPS) is 28.2. The number of ether oxygens (including phenoxy) is 2. The van der Waals surface area contributed by atoms with Crippen LogP contribution in [0.2, 0.25) is 0 Å².